The van der Waals surface area contributed by atoms with Crippen LogP contribution in [0, 0.1) is 3.77 Å². The average molecular weight is 309 g/mol. The molecule has 0 aliphatic heterocycles. The summed E-state index contributed by atoms with van der Waals surface area (Å²) >= 11 is 2.16. The first-order chi connectivity index (χ1) is 6.72. The highest BCUT2D eigenvalue weighted by Crippen LogP contribution is 2.09. The van der Waals surface area contributed by atoms with Crippen LogP contribution in [0.15, 0.2) is 16.5 Å². The van der Waals surface area contributed by atoms with Crippen molar-refractivity contribution in [2.75, 3.05) is 13.2 Å². The molecule has 80 valence electrons. The first-order valence-electron chi connectivity index (χ1n) is 4.77. The van der Waals surface area contributed by atoms with Gasteiger partial charge in [0.15, 0.2) is 3.77 Å². The lowest BCUT2D eigenvalue weighted by Gasteiger charge is -2.11. The molecular formula is C10H16INO2. The first-order valence-corrected chi connectivity index (χ1v) is 5.85. The molecule has 14 heavy (non-hydrogen) atoms. The normalized spacial score (nSPS) is 13.1. The lowest BCUT2D eigenvalue weighted by atomic mass is 10.3. The standard InChI is InChI=1S/C10H16INO2/c1-3-13-7-8(2)12-6-9-4-5-10(11)14-9/h4-5,8,12H,3,6-7H2,1-2H3. The molecule has 1 heterocycles. The zero-order chi connectivity index (χ0) is 10.4. The van der Waals surface area contributed by atoms with E-state index in [-0.39, 0.29) is 0 Å². The molecule has 1 aromatic heterocycles. The van der Waals surface area contributed by atoms with Crippen LogP contribution in [0.5, 0.6) is 0 Å². The van der Waals surface area contributed by atoms with Crippen LogP contribution in [-0.2, 0) is 11.3 Å². The van der Waals surface area contributed by atoms with Crippen LogP contribution in [0.3, 0.4) is 0 Å². The van der Waals surface area contributed by atoms with Crippen LogP contribution < -0.4 is 5.32 Å². The molecule has 1 rings (SSSR count). The zero-order valence-electron chi connectivity index (χ0n) is 8.55. The Morgan fingerprint density at radius 3 is 2.93 bits per heavy atom. The van der Waals surface area contributed by atoms with E-state index in [1.807, 2.05) is 19.1 Å². The van der Waals surface area contributed by atoms with Crippen LogP contribution >= 0.6 is 22.6 Å². The molecule has 0 aliphatic carbocycles. The van der Waals surface area contributed by atoms with E-state index in [4.69, 9.17) is 9.15 Å². The number of furan rings is 1. The van der Waals surface area contributed by atoms with Crippen LogP contribution in [-0.4, -0.2) is 19.3 Å². The van der Waals surface area contributed by atoms with Gasteiger partial charge < -0.3 is 14.5 Å². The maximum atomic E-state index is 5.42. The van der Waals surface area contributed by atoms with Gasteiger partial charge in [-0.05, 0) is 48.6 Å². The molecule has 1 unspecified atom stereocenters. The summed E-state index contributed by atoms with van der Waals surface area (Å²) in [7, 11) is 0. The second-order valence-corrected chi connectivity index (χ2v) is 4.21. The molecule has 0 aromatic carbocycles. The minimum atomic E-state index is 0.359. The first kappa shape index (κ1) is 12.0. The number of ether oxygens (including phenoxy) is 1. The quantitative estimate of drug-likeness (QED) is 0.820. The smallest absolute Gasteiger partial charge is 0.164 e. The van der Waals surface area contributed by atoms with E-state index in [0.717, 1.165) is 29.3 Å². The molecule has 0 saturated heterocycles. The molecule has 1 N–H and O–H groups in total. The van der Waals surface area contributed by atoms with Crippen LogP contribution in [0.2, 0.25) is 0 Å². The predicted octanol–water partition coefficient (Wildman–Crippen LogP) is 2.40. The number of hydrogen-bond donors (Lipinski definition) is 1. The molecule has 1 atom stereocenters. The molecule has 0 aliphatic rings. The Labute approximate surface area is 98.3 Å². The molecule has 0 fully saturated rings. The number of nitrogens with one attached hydrogen (secondary N) is 1. The highest BCUT2D eigenvalue weighted by molar-refractivity contribution is 14.1. The van der Waals surface area contributed by atoms with Gasteiger partial charge in [-0.3, -0.25) is 0 Å². The van der Waals surface area contributed by atoms with Gasteiger partial charge in [-0.25, -0.2) is 0 Å². The molecule has 0 radical (unpaired) electrons. The summed E-state index contributed by atoms with van der Waals surface area (Å²) in [5.74, 6) is 0.970. The van der Waals surface area contributed by atoms with E-state index in [1.165, 1.54) is 0 Å². The van der Waals surface area contributed by atoms with E-state index in [2.05, 4.69) is 34.8 Å². The van der Waals surface area contributed by atoms with E-state index in [1.54, 1.807) is 0 Å². The summed E-state index contributed by atoms with van der Waals surface area (Å²) in [6.07, 6.45) is 0. The van der Waals surface area contributed by atoms with Crippen LogP contribution in [0.4, 0.5) is 0 Å². The Morgan fingerprint density at radius 2 is 2.36 bits per heavy atom. The van der Waals surface area contributed by atoms with Crippen LogP contribution in [0.1, 0.15) is 19.6 Å². The van der Waals surface area contributed by atoms with E-state index in [9.17, 15) is 0 Å². The predicted molar refractivity (Wildman–Crippen MR) is 64.2 cm³/mol. The Morgan fingerprint density at radius 1 is 1.57 bits per heavy atom. The van der Waals surface area contributed by atoms with Crippen molar-refractivity contribution in [1.29, 1.82) is 0 Å². The maximum Gasteiger partial charge on any atom is 0.164 e. The summed E-state index contributed by atoms with van der Waals surface area (Å²) in [4.78, 5) is 0. The van der Waals surface area contributed by atoms with Crippen molar-refractivity contribution < 1.29 is 9.15 Å². The number of halogens is 1. The summed E-state index contributed by atoms with van der Waals surface area (Å²) in [6.45, 7) is 6.38. The van der Waals surface area contributed by atoms with Crippen molar-refractivity contribution in [3.05, 3.63) is 21.7 Å². The highest BCUT2D eigenvalue weighted by atomic mass is 127. The largest absolute Gasteiger partial charge is 0.454 e. The molecule has 1 aromatic rings. The van der Waals surface area contributed by atoms with Gasteiger partial charge in [-0.2, -0.15) is 0 Å². The minimum Gasteiger partial charge on any atom is -0.454 e. The molecule has 0 spiro atoms. The van der Waals surface area contributed by atoms with Gasteiger partial charge in [0.25, 0.3) is 0 Å². The van der Waals surface area contributed by atoms with Crippen molar-refractivity contribution in [2.45, 2.75) is 26.4 Å². The van der Waals surface area contributed by atoms with Gasteiger partial charge in [0.2, 0.25) is 0 Å². The topological polar surface area (TPSA) is 34.4 Å². The number of hydrogen-bond acceptors (Lipinski definition) is 3. The Balaban J connectivity index is 2.20. The summed E-state index contributed by atoms with van der Waals surface area (Å²) in [5, 5.41) is 3.32. The Hall–Kier alpha value is -0.0700. The van der Waals surface area contributed by atoms with Crippen molar-refractivity contribution in [3.8, 4) is 0 Å². The zero-order valence-corrected chi connectivity index (χ0v) is 10.7. The van der Waals surface area contributed by atoms with E-state index in [0.29, 0.717) is 6.04 Å². The van der Waals surface area contributed by atoms with E-state index >= 15 is 0 Å². The molecule has 0 bridgehead atoms. The van der Waals surface area contributed by atoms with Crippen molar-refractivity contribution in [3.63, 3.8) is 0 Å². The van der Waals surface area contributed by atoms with Gasteiger partial charge in [0.1, 0.15) is 5.76 Å². The van der Waals surface area contributed by atoms with E-state index < -0.39 is 0 Å². The lowest BCUT2D eigenvalue weighted by Crippen LogP contribution is -2.29. The highest BCUT2D eigenvalue weighted by Gasteiger charge is 2.03. The van der Waals surface area contributed by atoms with Gasteiger partial charge >= 0.3 is 0 Å². The fourth-order valence-electron chi connectivity index (χ4n) is 1.08. The SMILES string of the molecule is CCOCC(C)NCc1ccc(I)o1. The molecule has 3 nitrogen and oxygen atoms in total. The summed E-state index contributed by atoms with van der Waals surface area (Å²) in [5.41, 5.74) is 0. The third-order valence-electron chi connectivity index (χ3n) is 1.83. The molecule has 0 saturated carbocycles. The second-order valence-electron chi connectivity index (χ2n) is 3.15. The van der Waals surface area contributed by atoms with Gasteiger partial charge in [0.05, 0.1) is 13.2 Å². The molecule has 0 amide bonds. The van der Waals surface area contributed by atoms with Crippen molar-refractivity contribution in [2.24, 2.45) is 0 Å². The number of rotatable bonds is 6. The van der Waals surface area contributed by atoms with Gasteiger partial charge in [-0.15, -0.1) is 0 Å². The molecule has 4 heteroatoms. The second kappa shape index (κ2) is 6.42. The summed E-state index contributed by atoms with van der Waals surface area (Å²) < 4.78 is 11.6. The van der Waals surface area contributed by atoms with Crippen molar-refractivity contribution in [1.82, 2.24) is 5.32 Å². The van der Waals surface area contributed by atoms with Crippen molar-refractivity contribution >= 4 is 22.6 Å². The Kier molecular flexibility index (Phi) is 5.50. The Bertz CT molecular complexity index is 262. The fraction of sp³-hybridized carbons (Fsp3) is 0.600. The lowest BCUT2D eigenvalue weighted by molar-refractivity contribution is 0.126. The molecular weight excluding hydrogens is 293 g/mol. The fourth-order valence-corrected chi connectivity index (χ4v) is 1.54. The maximum absolute atomic E-state index is 5.42. The monoisotopic (exact) mass is 309 g/mol. The van der Waals surface area contributed by atoms with Crippen LogP contribution in [0.25, 0.3) is 0 Å². The average Bonchev–Trinajstić information content (AvgIpc) is 2.58. The summed E-state index contributed by atoms with van der Waals surface area (Å²) in [6, 6.07) is 4.31. The minimum absolute atomic E-state index is 0.359. The third kappa shape index (κ3) is 4.43. The third-order valence-corrected chi connectivity index (χ3v) is 2.41. The van der Waals surface area contributed by atoms with Gasteiger partial charge in [-0.1, -0.05) is 0 Å². The van der Waals surface area contributed by atoms with Gasteiger partial charge in [0, 0.05) is 12.6 Å².